The molecule has 1 rings (SSSR count). The van der Waals surface area contributed by atoms with Crippen molar-refractivity contribution in [2.24, 2.45) is 11.3 Å². The van der Waals surface area contributed by atoms with Crippen LogP contribution in [0, 0.1) is 25.2 Å². The minimum Gasteiger partial charge on any atom is -0.314 e. The zero-order valence-corrected chi connectivity index (χ0v) is 13.7. The third kappa shape index (κ3) is 4.69. The lowest BCUT2D eigenvalue weighted by Crippen LogP contribution is -2.36. The lowest BCUT2D eigenvalue weighted by Gasteiger charge is -2.31. The molecule has 0 aromatic carbocycles. The molecule has 0 radical (unpaired) electrons. The highest BCUT2D eigenvalue weighted by Crippen LogP contribution is 2.30. The van der Waals surface area contributed by atoms with E-state index in [-0.39, 0.29) is 0 Å². The zero-order chi connectivity index (χ0) is 13.9. The summed E-state index contributed by atoms with van der Waals surface area (Å²) in [6.07, 6.45) is 1.09. The van der Waals surface area contributed by atoms with E-state index >= 15 is 0 Å². The Labute approximate surface area is 116 Å². The quantitative estimate of drug-likeness (QED) is 0.874. The summed E-state index contributed by atoms with van der Waals surface area (Å²) in [6.45, 7) is 16.7. The molecule has 1 N–H and O–H groups in total. The molecule has 0 bridgehead atoms. The Bertz CT molecular complexity index is 355. The molecule has 1 aromatic rings. The van der Waals surface area contributed by atoms with Crippen molar-refractivity contribution >= 4 is 11.3 Å². The Kier molecular flexibility index (Phi) is 5.35. The van der Waals surface area contributed by atoms with Crippen molar-refractivity contribution in [2.45, 2.75) is 60.9 Å². The van der Waals surface area contributed by atoms with Crippen molar-refractivity contribution in [3.05, 3.63) is 15.6 Å². The average molecular weight is 268 g/mol. The van der Waals surface area contributed by atoms with Crippen molar-refractivity contribution in [3.8, 4) is 0 Å². The van der Waals surface area contributed by atoms with Gasteiger partial charge < -0.3 is 5.32 Å². The van der Waals surface area contributed by atoms with Crippen LogP contribution in [0.3, 0.4) is 0 Å². The Hall–Kier alpha value is -0.410. The van der Waals surface area contributed by atoms with Gasteiger partial charge in [0.25, 0.3) is 0 Å². The molecule has 0 saturated carbocycles. The van der Waals surface area contributed by atoms with E-state index in [1.807, 2.05) is 11.3 Å². The summed E-state index contributed by atoms with van der Waals surface area (Å²) in [5.74, 6) is 0.629. The topological polar surface area (TPSA) is 24.9 Å². The highest BCUT2D eigenvalue weighted by Gasteiger charge is 2.26. The van der Waals surface area contributed by atoms with Gasteiger partial charge in [0, 0.05) is 17.3 Å². The maximum absolute atomic E-state index is 4.68. The SMILES string of the molecule is Cc1nc(CC(CNC(C)C)C(C)(C)C)sc1C. The van der Waals surface area contributed by atoms with E-state index < -0.39 is 0 Å². The smallest absolute Gasteiger partial charge is 0.0934 e. The number of thiazole rings is 1. The molecule has 0 aliphatic heterocycles. The van der Waals surface area contributed by atoms with Crippen LogP contribution in [0.4, 0.5) is 0 Å². The van der Waals surface area contributed by atoms with Crippen molar-refractivity contribution < 1.29 is 0 Å². The summed E-state index contributed by atoms with van der Waals surface area (Å²) in [4.78, 5) is 6.04. The normalized spacial score (nSPS) is 14.2. The van der Waals surface area contributed by atoms with E-state index in [9.17, 15) is 0 Å². The molecular formula is C15H28N2S. The zero-order valence-electron chi connectivity index (χ0n) is 12.9. The highest BCUT2D eigenvalue weighted by molar-refractivity contribution is 7.11. The highest BCUT2D eigenvalue weighted by atomic mass is 32.1. The number of aromatic nitrogens is 1. The molecule has 0 aliphatic rings. The first-order valence-electron chi connectivity index (χ1n) is 6.86. The number of aryl methyl sites for hydroxylation is 2. The molecule has 1 heterocycles. The average Bonchev–Trinajstić information content (AvgIpc) is 2.51. The van der Waals surface area contributed by atoms with Gasteiger partial charge in [0.1, 0.15) is 0 Å². The fourth-order valence-corrected chi connectivity index (χ4v) is 2.91. The predicted octanol–water partition coefficient (Wildman–Crippen LogP) is 3.96. The van der Waals surface area contributed by atoms with E-state index in [1.165, 1.54) is 15.6 Å². The Balaban J connectivity index is 2.72. The molecule has 3 heteroatoms. The summed E-state index contributed by atoms with van der Waals surface area (Å²) in [6, 6.07) is 0.551. The molecule has 1 atom stereocenters. The molecular weight excluding hydrogens is 240 g/mol. The van der Waals surface area contributed by atoms with Gasteiger partial charge in [-0.05, 0) is 31.7 Å². The number of nitrogens with zero attached hydrogens (tertiary/aromatic N) is 1. The molecule has 2 nitrogen and oxygen atoms in total. The first kappa shape index (κ1) is 15.6. The summed E-state index contributed by atoms with van der Waals surface area (Å²) in [5, 5.41) is 4.86. The minimum absolute atomic E-state index is 0.315. The fourth-order valence-electron chi connectivity index (χ4n) is 1.90. The van der Waals surface area contributed by atoms with E-state index in [0.29, 0.717) is 17.4 Å². The van der Waals surface area contributed by atoms with Gasteiger partial charge in [0.05, 0.1) is 10.7 Å². The summed E-state index contributed by atoms with van der Waals surface area (Å²) in [5.41, 5.74) is 1.51. The standard InChI is InChI=1S/C15H28N2S/c1-10(2)16-9-13(15(5,6)7)8-14-17-11(3)12(4)18-14/h10,13,16H,8-9H2,1-7H3. The van der Waals surface area contributed by atoms with Crippen LogP contribution in [0.5, 0.6) is 0 Å². The maximum atomic E-state index is 4.68. The van der Waals surface area contributed by atoms with Crippen LogP contribution in [0.25, 0.3) is 0 Å². The van der Waals surface area contributed by atoms with Gasteiger partial charge in [0.2, 0.25) is 0 Å². The lowest BCUT2D eigenvalue weighted by molar-refractivity contribution is 0.226. The van der Waals surface area contributed by atoms with Crippen LogP contribution in [0.15, 0.2) is 0 Å². The van der Waals surface area contributed by atoms with Gasteiger partial charge in [-0.25, -0.2) is 4.98 Å². The van der Waals surface area contributed by atoms with E-state index in [2.05, 4.69) is 58.8 Å². The van der Waals surface area contributed by atoms with Crippen LogP contribution in [-0.2, 0) is 6.42 Å². The van der Waals surface area contributed by atoms with Gasteiger partial charge in [-0.15, -0.1) is 11.3 Å². The Morgan fingerprint density at radius 1 is 1.22 bits per heavy atom. The number of hydrogen-bond donors (Lipinski definition) is 1. The summed E-state index contributed by atoms with van der Waals surface area (Å²) >= 11 is 1.85. The molecule has 0 amide bonds. The van der Waals surface area contributed by atoms with Crippen LogP contribution in [-0.4, -0.2) is 17.6 Å². The molecule has 0 saturated heterocycles. The minimum atomic E-state index is 0.315. The second-order valence-electron chi connectivity index (χ2n) is 6.58. The van der Waals surface area contributed by atoms with Crippen molar-refractivity contribution in [3.63, 3.8) is 0 Å². The van der Waals surface area contributed by atoms with E-state index in [0.717, 1.165) is 13.0 Å². The Morgan fingerprint density at radius 2 is 1.83 bits per heavy atom. The number of hydrogen-bond acceptors (Lipinski definition) is 3. The predicted molar refractivity (Wildman–Crippen MR) is 81.4 cm³/mol. The van der Waals surface area contributed by atoms with Crippen LogP contribution >= 0.6 is 11.3 Å². The lowest BCUT2D eigenvalue weighted by atomic mass is 9.78. The molecule has 18 heavy (non-hydrogen) atoms. The van der Waals surface area contributed by atoms with Crippen molar-refractivity contribution in [1.82, 2.24) is 10.3 Å². The van der Waals surface area contributed by atoms with Gasteiger partial charge in [-0.2, -0.15) is 0 Å². The van der Waals surface area contributed by atoms with Crippen LogP contribution < -0.4 is 5.32 Å². The summed E-state index contributed by atoms with van der Waals surface area (Å²) in [7, 11) is 0. The monoisotopic (exact) mass is 268 g/mol. The molecule has 0 spiro atoms. The van der Waals surface area contributed by atoms with Crippen molar-refractivity contribution in [2.75, 3.05) is 6.54 Å². The fraction of sp³-hybridized carbons (Fsp3) is 0.800. The van der Waals surface area contributed by atoms with Crippen LogP contribution in [0.2, 0.25) is 0 Å². The largest absolute Gasteiger partial charge is 0.314 e. The van der Waals surface area contributed by atoms with Crippen LogP contribution in [0.1, 0.15) is 50.2 Å². The van der Waals surface area contributed by atoms with Crippen molar-refractivity contribution in [1.29, 1.82) is 0 Å². The first-order valence-corrected chi connectivity index (χ1v) is 7.68. The first-order chi connectivity index (χ1) is 8.20. The van der Waals surface area contributed by atoms with Gasteiger partial charge in [-0.3, -0.25) is 0 Å². The molecule has 1 unspecified atom stereocenters. The second kappa shape index (κ2) is 6.16. The van der Waals surface area contributed by atoms with Gasteiger partial charge in [0.15, 0.2) is 0 Å². The third-order valence-corrected chi connectivity index (χ3v) is 4.59. The molecule has 104 valence electrons. The number of rotatable bonds is 5. The number of nitrogens with one attached hydrogen (secondary N) is 1. The van der Waals surface area contributed by atoms with E-state index in [4.69, 9.17) is 0 Å². The third-order valence-electron chi connectivity index (χ3n) is 3.49. The van der Waals surface area contributed by atoms with E-state index in [1.54, 1.807) is 0 Å². The Morgan fingerprint density at radius 3 is 2.22 bits per heavy atom. The van der Waals surface area contributed by atoms with Gasteiger partial charge >= 0.3 is 0 Å². The van der Waals surface area contributed by atoms with Gasteiger partial charge in [-0.1, -0.05) is 34.6 Å². The molecule has 0 fully saturated rings. The second-order valence-corrected chi connectivity index (χ2v) is 7.87. The molecule has 0 aliphatic carbocycles. The molecule has 1 aromatic heterocycles. The summed E-state index contributed by atoms with van der Waals surface area (Å²) < 4.78 is 0. The maximum Gasteiger partial charge on any atom is 0.0934 e.